The van der Waals surface area contributed by atoms with Crippen LogP contribution in [0.4, 0.5) is 0 Å². The van der Waals surface area contributed by atoms with Gasteiger partial charge in [-0.2, -0.15) is 0 Å². The Kier molecular flexibility index (Phi) is 7.32. The molecule has 5 atom stereocenters. The minimum Gasteiger partial charge on any atom is -0.343 e. The van der Waals surface area contributed by atoms with Crippen molar-refractivity contribution >= 4 is 29.5 Å². The molecule has 0 aliphatic carbocycles. The van der Waals surface area contributed by atoms with Crippen molar-refractivity contribution in [3.63, 3.8) is 0 Å². The van der Waals surface area contributed by atoms with Gasteiger partial charge in [0.05, 0.1) is 0 Å². The summed E-state index contributed by atoms with van der Waals surface area (Å²) in [5, 5.41) is 7.53. The van der Waals surface area contributed by atoms with Gasteiger partial charge in [-0.05, 0) is 34.6 Å². The molecule has 0 aromatic carbocycles. The Morgan fingerprint density at radius 1 is 0.556 bits per heavy atom. The Morgan fingerprint density at radius 3 is 1.41 bits per heavy atom. The van der Waals surface area contributed by atoms with E-state index < -0.39 is 59.7 Å². The molecule has 1 fully saturated rings. The van der Waals surface area contributed by atoms with Gasteiger partial charge in [-0.25, -0.2) is 0 Å². The number of hydrogen-bond acceptors (Lipinski definition) is 5. The summed E-state index contributed by atoms with van der Waals surface area (Å²) in [6.07, 6.45) is 0. The first-order chi connectivity index (χ1) is 12.4. The van der Waals surface area contributed by atoms with Gasteiger partial charge in [0.2, 0.25) is 29.5 Å². The van der Waals surface area contributed by atoms with Gasteiger partial charge >= 0.3 is 0 Å². The molecular weight excluding hydrogens is 354 g/mol. The number of nitrogens with zero attached hydrogens (tertiary/aromatic N) is 2. The number of carbonyl (C=O) groups is 5. The van der Waals surface area contributed by atoms with Crippen LogP contribution in [0.2, 0.25) is 0 Å². The molecule has 5 amide bonds. The monoisotopic (exact) mass is 383 g/mol. The molecule has 10 nitrogen and oxygen atoms in total. The predicted molar refractivity (Wildman–Crippen MR) is 97.3 cm³/mol. The van der Waals surface area contributed by atoms with Gasteiger partial charge < -0.3 is 25.8 Å². The maximum absolute atomic E-state index is 12.6. The lowest BCUT2D eigenvalue weighted by atomic mass is 10.1. The van der Waals surface area contributed by atoms with Crippen molar-refractivity contribution in [2.24, 2.45) is 0 Å². The number of likely N-dealkylation sites (N-methyl/N-ethyl adjacent to an activating group) is 2. The lowest BCUT2D eigenvalue weighted by molar-refractivity contribution is -0.147. The topological polar surface area (TPSA) is 128 Å². The van der Waals surface area contributed by atoms with Gasteiger partial charge in [0, 0.05) is 14.1 Å². The zero-order valence-electron chi connectivity index (χ0n) is 16.8. The maximum Gasteiger partial charge on any atom is 0.245 e. The van der Waals surface area contributed by atoms with Crippen molar-refractivity contribution in [1.82, 2.24) is 25.8 Å². The highest BCUT2D eigenvalue weighted by molar-refractivity contribution is 5.97. The van der Waals surface area contributed by atoms with Crippen LogP contribution in [0.3, 0.4) is 0 Å². The van der Waals surface area contributed by atoms with E-state index in [1.54, 1.807) is 6.92 Å². The number of carbonyl (C=O) groups excluding carboxylic acids is 5. The molecule has 3 N–H and O–H groups in total. The Morgan fingerprint density at radius 2 is 0.926 bits per heavy atom. The van der Waals surface area contributed by atoms with E-state index in [0.29, 0.717) is 0 Å². The Hall–Kier alpha value is -2.65. The highest BCUT2D eigenvalue weighted by Crippen LogP contribution is 2.08. The minimum atomic E-state index is -0.901. The smallest absolute Gasteiger partial charge is 0.245 e. The van der Waals surface area contributed by atoms with E-state index in [2.05, 4.69) is 16.0 Å². The molecule has 0 radical (unpaired) electrons. The molecule has 1 aliphatic heterocycles. The second-order valence-electron chi connectivity index (χ2n) is 6.94. The summed E-state index contributed by atoms with van der Waals surface area (Å²) in [5.74, 6) is -2.51. The fraction of sp³-hybridized carbons (Fsp3) is 0.706. The molecule has 1 heterocycles. The number of nitrogens with one attached hydrogen (secondary N) is 3. The maximum atomic E-state index is 12.6. The average Bonchev–Trinajstić information content (AvgIpc) is 2.62. The predicted octanol–water partition coefficient (Wildman–Crippen LogP) is -1.79. The fourth-order valence-corrected chi connectivity index (χ4v) is 2.53. The zero-order chi connectivity index (χ0) is 21.0. The molecule has 0 aromatic heterocycles. The van der Waals surface area contributed by atoms with Gasteiger partial charge in [0.1, 0.15) is 30.2 Å². The Bertz CT molecular complexity index is 637. The van der Waals surface area contributed by atoms with E-state index in [1.165, 1.54) is 51.6 Å². The first-order valence-corrected chi connectivity index (χ1v) is 8.82. The molecule has 0 bridgehead atoms. The zero-order valence-corrected chi connectivity index (χ0v) is 16.8. The van der Waals surface area contributed by atoms with Crippen LogP contribution < -0.4 is 16.0 Å². The third-order valence-corrected chi connectivity index (χ3v) is 4.83. The summed E-state index contributed by atoms with van der Waals surface area (Å²) >= 11 is 0. The van der Waals surface area contributed by atoms with E-state index in [0.717, 1.165) is 0 Å². The summed E-state index contributed by atoms with van der Waals surface area (Å²) < 4.78 is 0. The van der Waals surface area contributed by atoms with Gasteiger partial charge in [-0.1, -0.05) is 0 Å². The largest absolute Gasteiger partial charge is 0.343 e. The van der Waals surface area contributed by atoms with Crippen LogP contribution in [0.5, 0.6) is 0 Å². The van der Waals surface area contributed by atoms with Crippen LogP contribution in [0.15, 0.2) is 0 Å². The van der Waals surface area contributed by atoms with Crippen LogP contribution in [0.1, 0.15) is 34.6 Å². The van der Waals surface area contributed by atoms with E-state index in [-0.39, 0.29) is 0 Å². The van der Waals surface area contributed by atoms with Gasteiger partial charge in [0.25, 0.3) is 0 Å². The van der Waals surface area contributed by atoms with E-state index in [9.17, 15) is 24.0 Å². The molecule has 0 aromatic rings. The summed E-state index contributed by atoms with van der Waals surface area (Å²) in [4.78, 5) is 64.4. The summed E-state index contributed by atoms with van der Waals surface area (Å²) in [6.45, 7) is 7.53. The molecule has 152 valence electrons. The average molecular weight is 383 g/mol. The van der Waals surface area contributed by atoms with E-state index >= 15 is 0 Å². The molecule has 1 rings (SSSR count). The third kappa shape index (κ3) is 5.18. The van der Waals surface area contributed by atoms with E-state index in [4.69, 9.17) is 0 Å². The first-order valence-electron chi connectivity index (χ1n) is 8.82. The molecule has 1 aliphatic rings. The molecule has 0 spiro atoms. The lowest BCUT2D eigenvalue weighted by Crippen LogP contribution is -2.56. The minimum absolute atomic E-state index is 0.438. The molecular formula is C17H29N5O5. The van der Waals surface area contributed by atoms with Crippen LogP contribution in [-0.2, 0) is 24.0 Å². The van der Waals surface area contributed by atoms with E-state index in [1.807, 2.05) is 0 Å². The molecule has 0 unspecified atom stereocenters. The Balaban J connectivity index is 3.20. The van der Waals surface area contributed by atoms with Crippen LogP contribution in [0, 0.1) is 0 Å². The second-order valence-corrected chi connectivity index (χ2v) is 6.94. The standard InChI is InChI=1S/C17H29N5O5/c1-8-14(24)20-10(3)16(26)22(7)12(5)17(27)21(6)11(4)15(25)19-9(2)13(23)18-8/h8-12H,1-7H3,(H,18,23)(H,19,25)(H,20,24)/t8-,9-,10-,11+,12-/m0/s1. The summed E-state index contributed by atoms with van der Waals surface area (Å²) in [5.41, 5.74) is 0. The van der Waals surface area contributed by atoms with Crippen LogP contribution in [-0.4, -0.2) is 83.6 Å². The van der Waals surface area contributed by atoms with Crippen molar-refractivity contribution in [3.8, 4) is 0 Å². The number of amides is 5. The second kappa shape index (κ2) is 8.83. The molecule has 1 saturated heterocycles. The van der Waals surface area contributed by atoms with Crippen LogP contribution in [0.25, 0.3) is 0 Å². The van der Waals surface area contributed by atoms with Crippen molar-refractivity contribution in [1.29, 1.82) is 0 Å². The normalized spacial score (nSPS) is 32.3. The molecule has 27 heavy (non-hydrogen) atoms. The first kappa shape index (κ1) is 22.4. The van der Waals surface area contributed by atoms with Crippen molar-refractivity contribution in [3.05, 3.63) is 0 Å². The number of hydrogen-bond donors (Lipinski definition) is 3. The van der Waals surface area contributed by atoms with Gasteiger partial charge in [0.15, 0.2) is 0 Å². The SMILES string of the molecule is C[C@@H]1NC(=O)[C@H](C)NC(=O)[C@@H](C)N(C)C(=O)[C@H](C)N(C)C(=O)[C@H](C)NC1=O. The van der Waals surface area contributed by atoms with Crippen LogP contribution >= 0.6 is 0 Å². The molecule has 10 heteroatoms. The quantitative estimate of drug-likeness (QED) is 0.455. The highest BCUT2D eigenvalue weighted by atomic mass is 16.2. The Labute approximate surface area is 159 Å². The third-order valence-electron chi connectivity index (χ3n) is 4.83. The summed E-state index contributed by atoms with van der Waals surface area (Å²) in [6, 6.07) is -4.37. The lowest BCUT2D eigenvalue weighted by Gasteiger charge is -2.32. The van der Waals surface area contributed by atoms with Crippen molar-refractivity contribution in [2.75, 3.05) is 14.1 Å². The van der Waals surface area contributed by atoms with Gasteiger partial charge in [-0.3, -0.25) is 24.0 Å². The molecule has 0 saturated carbocycles. The van der Waals surface area contributed by atoms with Gasteiger partial charge in [-0.15, -0.1) is 0 Å². The summed E-state index contributed by atoms with van der Waals surface area (Å²) in [7, 11) is 2.91. The number of rotatable bonds is 0. The fourth-order valence-electron chi connectivity index (χ4n) is 2.53. The highest BCUT2D eigenvalue weighted by Gasteiger charge is 2.33. The van der Waals surface area contributed by atoms with Crippen molar-refractivity contribution in [2.45, 2.75) is 64.8 Å². The van der Waals surface area contributed by atoms with Crippen molar-refractivity contribution < 1.29 is 24.0 Å².